The summed E-state index contributed by atoms with van der Waals surface area (Å²) in [5.74, 6) is 0.0965. The highest BCUT2D eigenvalue weighted by Crippen LogP contribution is 2.12. The van der Waals surface area contributed by atoms with E-state index < -0.39 is 9.05 Å². The number of H-pyrrole nitrogens is 1. The van der Waals surface area contributed by atoms with Crippen LogP contribution < -0.4 is 5.73 Å². The van der Waals surface area contributed by atoms with Crippen molar-refractivity contribution < 1.29 is 8.42 Å². The first-order valence-corrected chi connectivity index (χ1v) is 4.56. The Labute approximate surface area is 61.6 Å². The minimum absolute atomic E-state index is 0.0965. The molecule has 1 heterocycles. The van der Waals surface area contributed by atoms with Gasteiger partial charge < -0.3 is 5.73 Å². The number of anilines is 1. The number of nitrogens with one attached hydrogen (secondary N) is 1. The molecule has 0 atom stereocenters. The van der Waals surface area contributed by atoms with Crippen molar-refractivity contribution in [2.45, 2.75) is 5.03 Å². The Kier molecular flexibility index (Phi) is 1.57. The second-order valence-electron chi connectivity index (χ2n) is 1.59. The predicted molar refractivity (Wildman–Crippen MR) is 36.0 cm³/mol. The summed E-state index contributed by atoms with van der Waals surface area (Å²) in [4.78, 5) is 0. The smallest absolute Gasteiger partial charge is 0.278 e. The molecular formula is C3H4ClN3O2S. The van der Waals surface area contributed by atoms with Crippen molar-refractivity contribution >= 4 is 25.6 Å². The van der Waals surface area contributed by atoms with Crippen molar-refractivity contribution in [3.05, 3.63) is 6.07 Å². The van der Waals surface area contributed by atoms with Crippen molar-refractivity contribution in [3.63, 3.8) is 0 Å². The highest BCUT2D eigenvalue weighted by Gasteiger charge is 2.11. The van der Waals surface area contributed by atoms with Gasteiger partial charge in [-0.2, -0.15) is 5.10 Å². The van der Waals surface area contributed by atoms with Gasteiger partial charge in [-0.3, -0.25) is 5.10 Å². The van der Waals surface area contributed by atoms with Crippen LogP contribution in [0.25, 0.3) is 0 Å². The number of nitrogens with two attached hydrogens (primary N) is 1. The third-order valence-corrected chi connectivity index (χ3v) is 2.07. The van der Waals surface area contributed by atoms with Crippen LogP contribution in [0, 0.1) is 0 Å². The van der Waals surface area contributed by atoms with Gasteiger partial charge in [-0.1, -0.05) is 0 Å². The maximum atomic E-state index is 10.5. The molecule has 0 radical (unpaired) electrons. The molecule has 0 bridgehead atoms. The second-order valence-corrected chi connectivity index (χ2v) is 4.13. The molecule has 10 heavy (non-hydrogen) atoms. The molecule has 0 aromatic carbocycles. The highest BCUT2D eigenvalue weighted by atomic mass is 35.7. The van der Waals surface area contributed by atoms with Gasteiger partial charge in [0.15, 0.2) is 5.03 Å². The molecule has 0 spiro atoms. The molecule has 1 aromatic heterocycles. The third kappa shape index (κ3) is 1.39. The number of aromatic amines is 1. The Morgan fingerprint density at radius 3 is 2.50 bits per heavy atom. The number of nitrogen functional groups attached to an aromatic ring is 1. The van der Waals surface area contributed by atoms with Gasteiger partial charge in [0.25, 0.3) is 9.05 Å². The summed E-state index contributed by atoms with van der Waals surface area (Å²) in [6, 6.07) is 1.14. The zero-order valence-electron chi connectivity index (χ0n) is 4.70. The molecule has 1 rings (SSSR count). The molecule has 0 amide bonds. The molecule has 3 N–H and O–H groups in total. The van der Waals surface area contributed by atoms with Crippen LogP contribution in [0.3, 0.4) is 0 Å². The summed E-state index contributed by atoms with van der Waals surface area (Å²) in [5, 5.41) is 5.33. The van der Waals surface area contributed by atoms with E-state index >= 15 is 0 Å². The molecule has 0 saturated heterocycles. The number of rotatable bonds is 1. The number of halogens is 1. The van der Waals surface area contributed by atoms with Crippen molar-refractivity contribution in [2.24, 2.45) is 0 Å². The maximum Gasteiger partial charge on any atom is 0.278 e. The minimum Gasteiger partial charge on any atom is -0.382 e. The van der Waals surface area contributed by atoms with Crippen molar-refractivity contribution in [1.82, 2.24) is 10.2 Å². The molecule has 0 aliphatic rings. The van der Waals surface area contributed by atoms with Crippen molar-refractivity contribution in [1.29, 1.82) is 0 Å². The van der Waals surface area contributed by atoms with Gasteiger partial charge in [0.05, 0.1) is 0 Å². The minimum atomic E-state index is -3.71. The Hall–Kier alpha value is -0.750. The maximum absolute atomic E-state index is 10.5. The molecule has 0 unspecified atom stereocenters. The molecule has 1 aromatic rings. The fourth-order valence-electron chi connectivity index (χ4n) is 0.443. The van der Waals surface area contributed by atoms with Gasteiger partial charge in [-0.15, -0.1) is 0 Å². The quantitative estimate of drug-likeness (QED) is 0.593. The molecule has 56 valence electrons. The van der Waals surface area contributed by atoms with E-state index in [1.54, 1.807) is 0 Å². The Balaban J connectivity index is 3.21. The Morgan fingerprint density at radius 2 is 2.30 bits per heavy atom. The molecule has 0 saturated carbocycles. The molecule has 0 aliphatic heterocycles. The van der Waals surface area contributed by atoms with Gasteiger partial charge in [-0.05, 0) is 0 Å². The molecule has 0 fully saturated rings. The average Bonchev–Trinajstić information content (AvgIpc) is 2.11. The van der Waals surface area contributed by atoms with E-state index in [2.05, 4.69) is 10.2 Å². The fourth-order valence-corrected chi connectivity index (χ4v) is 1.10. The van der Waals surface area contributed by atoms with Crippen LogP contribution in [0.2, 0.25) is 0 Å². The summed E-state index contributed by atoms with van der Waals surface area (Å²) in [6.45, 7) is 0. The second kappa shape index (κ2) is 2.14. The third-order valence-electron chi connectivity index (χ3n) is 0.837. The van der Waals surface area contributed by atoms with Gasteiger partial charge >= 0.3 is 0 Å². The fraction of sp³-hybridized carbons (Fsp3) is 0. The highest BCUT2D eigenvalue weighted by molar-refractivity contribution is 8.13. The average molecular weight is 182 g/mol. The standard InChI is InChI=1S/C3H4ClN3O2S/c4-10(8,9)3-1-2(5)6-7-3/h1H,(H3,5,6,7). The van der Waals surface area contributed by atoms with Gasteiger partial charge in [0.1, 0.15) is 5.82 Å². The van der Waals surface area contributed by atoms with Crippen LogP contribution in [-0.2, 0) is 9.05 Å². The number of hydrogen-bond acceptors (Lipinski definition) is 4. The first-order valence-electron chi connectivity index (χ1n) is 2.25. The zero-order chi connectivity index (χ0) is 7.78. The van der Waals surface area contributed by atoms with E-state index in [1.807, 2.05) is 0 Å². The van der Waals surface area contributed by atoms with Crippen LogP contribution in [0.5, 0.6) is 0 Å². The van der Waals surface area contributed by atoms with Crippen LogP contribution in [0.15, 0.2) is 11.1 Å². The van der Waals surface area contributed by atoms with Gasteiger partial charge in [0.2, 0.25) is 0 Å². The normalized spacial score (nSPS) is 11.7. The van der Waals surface area contributed by atoms with Gasteiger partial charge in [0, 0.05) is 16.7 Å². The summed E-state index contributed by atoms with van der Waals surface area (Å²) in [6.07, 6.45) is 0. The first kappa shape index (κ1) is 7.36. The lowest BCUT2D eigenvalue weighted by Crippen LogP contribution is -1.89. The summed E-state index contributed by atoms with van der Waals surface area (Å²) in [5.41, 5.74) is 5.11. The Morgan fingerprint density at radius 1 is 1.70 bits per heavy atom. The van der Waals surface area contributed by atoms with E-state index in [9.17, 15) is 8.42 Å². The van der Waals surface area contributed by atoms with Crippen molar-refractivity contribution in [3.8, 4) is 0 Å². The monoisotopic (exact) mass is 181 g/mol. The van der Waals surface area contributed by atoms with E-state index in [1.165, 1.54) is 0 Å². The van der Waals surface area contributed by atoms with Crippen LogP contribution in [-0.4, -0.2) is 18.6 Å². The van der Waals surface area contributed by atoms with E-state index in [-0.39, 0.29) is 10.8 Å². The van der Waals surface area contributed by atoms with Crippen LogP contribution >= 0.6 is 10.7 Å². The largest absolute Gasteiger partial charge is 0.382 e. The molecule has 7 heteroatoms. The first-order chi connectivity index (χ1) is 4.50. The molecular weight excluding hydrogens is 178 g/mol. The van der Waals surface area contributed by atoms with Gasteiger partial charge in [-0.25, -0.2) is 8.42 Å². The Bertz CT molecular complexity index is 329. The predicted octanol–water partition coefficient (Wildman–Crippen LogP) is -0.0806. The van der Waals surface area contributed by atoms with E-state index in [4.69, 9.17) is 16.4 Å². The van der Waals surface area contributed by atoms with E-state index in [0.717, 1.165) is 6.07 Å². The number of hydrogen-bond donors (Lipinski definition) is 2. The summed E-state index contributed by atoms with van der Waals surface area (Å²) >= 11 is 0. The van der Waals surface area contributed by atoms with Crippen LogP contribution in [0.1, 0.15) is 0 Å². The number of aromatic nitrogens is 2. The molecule has 5 nitrogen and oxygen atoms in total. The topological polar surface area (TPSA) is 88.8 Å². The summed E-state index contributed by atoms with van der Waals surface area (Å²) < 4.78 is 21.0. The zero-order valence-corrected chi connectivity index (χ0v) is 6.28. The van der Waals surface area contributed by atoms with E-state index in [0.29, 0.717) is 0 Å². The molecule has 0 aliphatic carbocycles. The summed E-state index contributed by atoms with van der Waals surface area (Å²) in [7, 11) is 1.21. The lowest BCUT2D eigenvalue weighted by atomic mass is 10.7. The lowest BCUT2D eigenvalue weighted by Gasteiger charge is -1.83. The lowest BCUT2D eigenvalue weighted by molar-refractivity contribution is 0.605. The SMILES string of the molecule is Nc1cc(S(=O)(=O)Cl)[nH]n1. The number of nitrogens with zero attached hydrogens (tertiary/aromatic N) is 1. The van der Waals surface area contributed by atoms with Crippen LogP contribution in [0.4, 0.5) is 5.82 Å². The van der Waals surface area contributed by atoms with Crippen molar-refractivity contribution in [2.75, 3.05) is 5.73 Å².